The fourth-order valence-electron chi connectivity index (χ4n) is 1.65. The van der Waals surface area contributed by atoms with Crippen LogP contribution < -0.4 is 0 Å². The van der Waals surface area contributed by atoms with Gasteiger partial charge in [-0.25, -0.2) is 4.98 Å². The lowest BCUT2D eigenvalue weighted by Gasteiger charge is -2.05. The average molecular weight is 238 g/mol. The predicted molar refractivity (Wildman–Crippen MR) is 62.9 cm³/mol. The molecule has 0 atom stereocenters. The molecule has 2 rings (SSSR count). The number of imidazole rings is 1. The molecule has 0 bridgehead atoms. The van der Waals surface area contributed by atoms with Gasteiger partial charge in [0.1, 0.15) is 10.7 Å². The summed E-state index contributed by atoms with van der Waals surface area (Å²) >= 11 is 1.60. The molecule has 2 aromatic rings. The Morgan fingerprint density at radius 2 is 2.38 bits per heavy atom. The first kappa shape index (κ1) is 11.1. The third-order valence-corrected chi connectivity index (χ3v) is 3.35. The normalized spacial score (nSPS) is 11.2. The number of carbonyl (C=O) groups is 1. The summed E-state index contributed by atoms with van der Waals surface area (Å²) < 4.78 is 6.73. The molecule has 16 heavy (non-hydrogen) atoms. The number of esters is 1. The molecule has 0 aromatic carbocycles. The van der Waals surface area contributed by atoms with Crippen LogP contribution in [-0.2, 0) is 16.0 Å². The van der Waals surface area contributed by atoms with Gasteiger partial charge in [-0.3, -0.25) is 9.20 Å². The van der Waals surface area contributed by atoms with E-state index in [2.05, 4.69) is 23.6 Å². The van der Waals surface area contributed by atoms with Gasteiger partial charge >= 0.3 is 5.97 Å². The monoisotopic (exact) mass is 238 g/mol. The SMILES string of the molecule is COC(=O)Cc1csc2cnc(C(C)C)n12. The van der Waals surface area contributed by atoms with Gasteiger partial charge in [-0.2, -0.15) is 0 Å². The lowest BCUT2D eigenvalue weighted by atomic mass is 10.2. The van der Waals surface area contributed by atoms with Gasteiger partial charge in [0.05, 0.1) is 19.7 Å². The molecular formula is C11H14N2O2S. The smallest absolute Gasteiger partial charge is 0.311 e. The standard InChI is InChI=1S/C11H14N2O2S/c1-7(2)11-12-5-9-13(11)8(6-16-9)4-10(14)15-3/h5-7H,4H2,1-3H3. The lowest BCUT2D eigenvalue weighted by molar-refractivity contribution is -0.139. The van der Waals surface area contributed by atoms with E-state index < -0.39 is 0 Å². The van der Waals surface area contributed by atoms with Crippen molar-refractivity contribution in [1.29, 1.82) is 0 Å². The quantitative estimate of drug-likeness (QED) is 0.770. The van der Waals surface area contributed by atoms with Crippen molar-refractivity contribution in [3.8, 4) is 0 Å². The van der Waals surface area contributed by atoms with Crippen molar-refractivity contribution < 1.29 is 9.53 Å². The van der Waals surface area contributed by atoms with Crippen LogP contribution >= 0.6 is 11.3 Å². The van der Waals surface area contributed by atoms with Crippen molar-refractivity contribution in [3.05, 3.63) is 23.1 Å². The Bertz CT molecular complexity index is 513. The Morgan fingerprint density at radius 3 is 3.00 bits per heavy atom. The minimum absolute atomic E-state index is 0.219. The Balaban J connectivity index is 2.45. The molecule has 0 saturated heterocycles. The van der Waals surface area contributed by atoms with Crippen molar-refractivity contribution in [3.63, 3.8) is 0 Å². The maximum absolute atomic E-state index is 11.3. The third kappa shape index (κ3) is 1.82. The second kappa shape index (κ2) is 4.25. The largest absolute Gasteiger partial charge is 0.469 e. The summed E-state index contributed by atoms with van der Waals surface area (Å²) in [6.07, 6.45) is 2.15. The van der Waals surface area contributed by atoms with Crippen molar-refractivity contribution in [2.75, 3.05) is 7.11 Å². The molecule has 0 aliphatic carbocycles. The van der Waals surface area contributed by atoms with Gasteiger partial charge < -0.3 is 4.74 Å². The van der Waals surface area contributed by atoms with Gasteiger partial charge in [-0.1, -0.05) is 13.8 Å². The summed E-state index contributed by atoms with van der Waals surface area (Å²) in [6, 6.07) is 0. The Hall–Kier alpha value is -1.36. The average Bonchev–Trinajstić information content (AvgIpc) is 2.80. The molecule has 0 aliphatic rings. The summed E-state index contributed by atoms with van der Waals surface area (Å²) in [5.41, 5.74) is 0.952. The molecule has 0 unspecified atom stereocenters. The number of fused-ring (bicyclic) bond motifs is 1. The second-order valence-electron chi connectivity index (χ2n) is 3.92. The van der Waals surface area contributed by atoms with E-state index >= 15 is 0 Å². The molecule has 0 N–H and O–H groups in total. The lowest BCUT2D eigenvalue weighted by Crippen LogP contribution is -2.08. The number of hydrogen-bond acceptors (Lipinski definition) is 4. The highest BCUT2D eigenvalue weighted by atomic mass is 32.1. The molecule has 0 spiro atoms. The topological polar surface area (TPSA) is 43.6 Å². The zero-order valence-electron chi connectivity index (χ0n) is 9.56. The fraction of sp³-hybridized carbons (Fsp3) is 0.455. The number of methoxy groups -OCH3 is 1. The number of rotatable bonds is 3. The molecular weight excluding hydrogens is 224 g/mol. The van der Waals surface area contributed by atoms with Crippen LogP contribution in [0.15, 0.2) is 11.6 Å². The van der Waals surface area contributed by atoms with Crippen LogP contribution in [0.25, 0.3) is 4.83 Å². The molecule has 0 aliphatic heterocycles. The Labute approximate surface area is 97.9 Å². The summed E-state index contributed by atoms with van der Waals surface area (Å²) in [7, 11) is 1.41. The number of thiazole rings is 1. The maximum atomic E-state index is 11.3. The van der Waals surface area contributed by atoms with E-state index in [-0.39, 0.29) is 5.97 Å². The molecule has 0 amide bonds. The number of carbonyl (C=O) groups excluding carboxylic acids is 1. The van der Waals surface area contributed by atoms with Crippen LogP contribution in [0.4, 0.5) is 0 Å². The van der Waals surface area contributed by atoms with Gasteiger partial charge in [0.15, 0.2) is 0 Å². The highest BCUT2D eigenvalue weighted by Crippen LogP contribution is 2.23. The van der Waals surface area contributed by atoms with Crippen molar-refractivity contribution in [2.24, 2.45) is 0 Å². The van der Waals surface area contributed by atoms with Crippen molar-refractivity contribution >= 4 is 22.1 Å². The molecule has 4 nitrogen and oxygen atoms in total. The van der Waals surface area contributed by atoms with Gasteiger partial charge in [0.25, 0.3) is 0 Å². The van der Waals surface area contributed by atoms with E-state index in [9.17, 15) is 4.79 Å². The van der Waals surface area contributed by atoms with E-state index in [4.69, 9.17) is 0 Å². The number of nitrogens with zero attached hydrogens (tertiary/aromatic N) is 2. The van der Waals surface area contributed by atoms with E-state index in [1.165, 1.54) is 7.11 Å². The summed E-state index contributed by atoms with van der Waals surface area (Å²) in [5, 5.41) is 1.99. The van der Waals surface area contributed by atoms with Gasteiger partial charge in [-0.15, -0.1) is 11.3 Å². The molecule has 0 saturated carbocycles. The summed E-state index contributed by atoms with van der Waals surface area (Å²) in [5.74, 6) is 1.12. The van der Waals surface area contributed by atoms with Crippen LogP contribution in [0.1, 0.15) is 31.3 Å². The zero-order valence-corrected chi connectivity index (χ0v) is 10.4. The molecule has 5 heteroatoms. The van der Waals surface area contributed by atoms with Crippen molar-refractivity contribution in [1.82, 2.24) is 9.38 Å². The highest BCUT2D eigenvalue weighted by molar-refractivity contribution is 7.15. The summed E-state index contributed by atoms with van der Waals surface area (Å²) in [4.78, 5) is 16.7. The molecule has 2 aromatic heterocycles. The van der Waals surface area contributed by atoms with Crippen molar-refractivity contribution in [2.45, 2.75) is 26.2 Å². The van der Waals surface area contributed by atoms with Crippen LogP contribution in [-0.4, -0.2) is 22.5 Å². The van der Waals surface area contributed by atoms with E-state index in [1.807, 2.05) is 16.0 Å². The fourth-order valence-corrected chi connectivity index (χ4v) is 2.53. The van der Waals surface area contributed by atoms with E-state index in [0.717, 1.165) is 16.3 Å². The predicted octanol–water partition coefficient (Wildman–Crippen LogP) is 2.23. The molecule has 2 heterocycles. The maximum Gasteiger partial charge on any atom is 0.311 e. The molecule has 86 valence electrons. The highest BCUT2D eigenvalue weighted by Gasteiger charge is 2.15. The third-order valence-electron chi connectivity index (χ3n) is 2.43. The first-order chi connectivity index (χ1) is 7.63. The van der Waals surface area contributed by atoms with Gasteiger partial charge in [0.2, 0.25) is 0 Å². The number of aromatic nitrogens is 2. The number of hydrogen-bond donors (Lipinski definition) is 0. The summed E-state index contributed by atoms with van der Waals surface area (Å²) in [6.45, 7) is 4.18. The molecule has 0 radical (unpaired) electrons. The van der Waals surface area contributed by atoms with Gasteiger partial charge in [0, 0.05) is 17.0 Å². The molecule has 0 fully saturated rings. The Morgan fingerprint density at radius 1 is 1.62 bits per heavy atom. The Kier molecular flexibility index (Phi) is 2.96. The first-order valence-electron chi connectivity index (χ1n) is 5.14. The van der Waals surface area contributed by atoms with Gasteiger partial charge in [-0.05, 0) is 0 Å². The van der Waals surface area contributed by atoms with Crippen LogP contribution in [0.2, 0.25) is 0 Å². The second-order valence-corrected chi connectivity index (χ2v) is 4.81. The first-order valence-corrected chi connectivity index (χ1v) is 6.02. The van der Waals surface area contributed by atoms with Crippen LogP contribution in [0.5, 0.6) is 0 Å². The minimum Gasteiger partial charge on any atom is -0.469 e. The van der Waals surface area contributed by atoms with E-state index in [0.29, 0.717) is 12.3 Å². The van der Waals surface area contributed by atoms with Crippen LogP contribution in [0, 0.1) is 0 Å². The van der Waals surface area contributed by atoms with E-state index in [1.54, 1.807) is 11.3 Å². The minimum atomic E-state index is -0.219. The van der Waals surface area contributed by atoms with Crippen LogP contribution in [0.3, 0.4) is 0 Å². The zero-order chi connectivity index (χ0) is 11.7. The number of ether oxygens (including phenoxy) is 1.